The summed E-state index contributed by atoms with van der Waals surface area (Å²) in [7, 11) is -1.82. The lowest BCUT2D eigenvalue weighted by Crippen LogP contribution is -2.48. The monoisotopic (exact) mass is 314 g/mol. The normalized spacial score (nSPS) is 14.4. The quantitative estimate of drug-likeness (QED) is 0.338. The molecule has 21 heavy (non-hydrogen) atoms. The van der Waals surface area contributed by atoms with Crippen molar-refractivity contribution in [2.45, 2.75) is 84.5 Å². The highest BCUT2D eigenvalue weighted by molar-refractivity contribution is 6.77. The molecule has 0 aliphatic rings. The van der Waals surface area contributed by atoms with Gasteiger partial charge in [-0.1, -0.05) is 47.6 Å². The number of hydrogen-bond acceptors (Lipinski definition) is 3. The number of ether oxygens (including phenoxy) is 1. The number of carbonyl (C=O) groups excluding carboxylic acids is 1. The highest BCUT2D eigenvalue weighted by Gasteiger charge is 2.44. The second-order valence-electron chi connectivity index (χ2n) is 6.63. The molecule has 0 saturated carbocycles. The van der Waals surface area contributed by atoms with Crippen LogP contribution < -0.4 is 0 Å². The fraction of sp³-hybridized carbons (Fsp3) is 0.824. The van der Waals surface area contributed by atoms with Crippen molar-refractivity contribution in [3.63, 3.8) is 0 Å². The minimum absolute atomic E-state index is 0.175. The molecule has 0 aromatic heterocycles. The first-order valence-electron chi connectivity index (χ1n) is 8.12. The van der Waals surface area contributed by atoms with Crippen molar-refractivity contribution in [2.75, 3.05) is 6.61 Å². The van der Waals surface area contributed by atoms with Gasteiger partial charge >= 0.3 is 5.97 Å². The highest BCUT2D eigenvalue weighted by Crippen LogP contribution is 2.42. The first-order valence-corrected chi connectivity index (χ1v) is 10.3. The van der Waals surface area contributed by atoms with Crippen LogP contribution in [0.5, 0.6) is 0 Å². The highest BCUT2D eigenvalue weighted by atomic mass is 28.4. The van der Waals surface area contributed by atoms with E-state index in [9.17, 15) is 4.79 Å². The van der Waals surface area contributed by atoms with Crippen LogP contribution in [0.2, 0.25) is 16.6 Å². The van der Waals surface area contributed by atoms with Crippen LogP contribution in [-0.2, 0) is 14.0 Å². The van der Waals surface area contributed by atoms with E-state index in [2.05, 4.69) is 41.5 Å². The molecule has 3 nitrogen and oxygen atoms in total. The van der Waals surface area contributed by atoms with E-state index < -0.39 is 8.32 Å². The van der Waals surface area contributed by atoms with E-state index in [-0.39, 0.29) is 12.1 Å². The van der Waals surface area contributed by atoms with Crippen LogP contribution in [0.25, 0.3) is 0 Å². The first-order chi connectivity index (χ1) is 9.68. The molecule has 0 aliphatic heterocycles. The minimum Gasteiger partial charge on any atom is -0.458 e. The van der Waals surface area contributed by atoms with Gasteiger partial charge in [-0.05, 0) is 29.6 Å². The van der Waals surface area contributed by atoms with Crippen LogP contribution in [0.3, 0.4) is 0 Å². The van der Waals surface area contributed by atoms with Crippen LogP contribution in [-0.4, -0.2) is 27.0 Å². The maximum Gasteiger partial charge on any atom is 0.303 e. The molecule has 1 atom stereocenters. The van der Waals surface area contributed by atoms with Crippen molar-refractivity contribution in [1.82, 2.24) is 0 Å². The molecule has 0 aliphatic carbocycles. The van der Waals surface area contributed by atoms with E-state index in [1.807, 2.05) is 19.1 Å². The number of hydrogen-bond donors (Lipinski definition) is 0. The van der Waals surface area contributed by atoms with Crippen LogP contribution in [0.4, 0.5) is 0 Å². The van der Waals surface area contributed by atoms with Crippen molar-refractivity contribution in [2.24, 2.45) is 0 Å². The fourth-order valence-corrected chi connectivity index (χ4v) is 8.95. The van der Waals surface area contributed by atoms with E-state index in [1.165, 1.54) is 6.92 Å². The van der Waals surface area contributed by atoms with Gasteiger partial charge in [0, 0.05) is 20.0 Å². The summed E-state index contributed by atoms with van der Waals surface area (Å²) in [4.78, 5) is 11.1. The molecule has 0 heterocycles. The largest absolute Gasteiger partial charge is 0.458 e. The van der Waals surface area contributed by atoms with E-state index in [0.29, 0.717) is 23.2 Å². The maximum atomic E-state index is 11.1. The van der Waals surface area contributed by atoms with E-state index in [4.69, 9.17) is 9.16 Å². The molecule has 0 unspecified atom stereocenters. The molecule has 0 aromatic carbocycles. The molecule has 0 N–H and O–H groups in total. The maximum absolute atomic E-state index is 11.1. The predicted molar refractivity (Wildman–Crippen MR) is 92.0 cm³/mol. The number of allylic oxidation sites excluding steroid dienone is 1. The molecule has 0 aromatic rings. The summed E-state index contributed by atoms with van der Waals surface area (Å²) < 4.78 is 11.8. The van der Waals surface area contributed by atoms with Gasteiger partial charge < -0.3 is 9.16 Å². The van der Waals surface area contributed by atoms with Crippen molar-refractivity contribution in [1.29, 1.82) is 0 Å². The minimum atomic E-state index is -1.82. The Balaban J connectivity index is 4.79. The molecular formula is C17H34O3Si. The summed E-state index contributed by atoms with van der Waals surface area (Å²) in [6.07, 6.45) is 4.40. The zero-order valence-corrected chi connectivity index (χ0v) is 16.1. The van der Waals surface area contributed by atoms with E-state index >= 15 is 0 Å². The lowest BCUT2D eigenvalue weighted by molar-refractivity contribution is -0.144. The van der Waals surface area contributed by atoms with E-state index in [1.54, 1.807) is 0 Å². The van der Waals surface area contributed by atoms with Crippen LogP contribution in [0.1, 0.15) is 61.8 Å². The predicted octanol–water partition coefficient (Wildman–Crippen LogP) is 5.08. The molecule has 0 fully saturated rings. The molecule has 0 saturated heterocycles. The Hall–Kier alpha value is -0.613. The van der Waals surface area contributed by atoms with Crippen molar-refractivity contribution in [3.05, 3.63) is 12.2 Å². The third-order valence-corrected chi connectivity index (χ3v) is 10.3. The summed E-state index contributed by atoms with van der Waals surface area (Å²) in [5, 5.41) is 0. The zero-order valence-electron chi connectivity index (χ0n) is 15.1. The Bertz CT molecular complexity index is 313. The third-order valence-electron chi connectivity index (χ3n) is 4.19. The van der Waals surface area contributed by atoms with Crippen molar-refractivity contribution < 1.29 is 14.0 Å². The van der Waals surface area contributed by atoms with Crippen LogP contribution in [0.15, 0.2) is 12.2 Å². The Morgan fingerprint density at radius 3 is 1.86 bits per heavy atom. The van der Waals surface area contributed by atoms with Gasteiger partial charge in [0.15, 0.2) is 8.32 Å². The van der Waals surface area contributed by atoms with Gasteiger partial charge in [-0.25, -0.2) is 0 Å². The van der Waals surface area contributed by atoms with Gasteiger partial charge in [0.25, 0.3) is 0 Å². The van der Waals surface area contributed by atoms with Gasteiger partial charge in [0.2, 0.25) is 0 Å². The summed E-state index contributed by atoms with van der Waals surface area (Å²) >= 11 is 0. The zero-order chi connectivity index (χ0) is 16.6. The average molecular weight is 315 g/mol. The fourth-order valence-electron chi connectivity index (χ4n) is 3.47. The van der Waals surface area contributed by atoms with Crippen LogP contribution in [0, 0.1) is 0 Å². The molecule has 0 radical (unpaired) electrons. The molecule has 0 rings (SSSR count). The van der Waals surface area contributed by atoms with E-state index in [0.717, 1.165) is 6.42 Å². The summed E-state index contributed by atoms with van der Waals surface area (Å²) in [6, 6.07) is 0. The first kappa shape index (κ1) is 20.4. The molecule has 0 bridgehead atoms. The Morgan fingerprint density at radius 1 is 1.05 bits per heavy atom. The number of rotatable bonds is 9. The third kappa shape index (κ3) is 5.95. The van der Waals surface area contributed by atoms with Crippen molar-refractivity contribution in [3.8, 4) is 0 Å². The Morgan fingerprint density at radius 2 is 1.52 bits per heavy atom. The van der Waals surface area contributed by atoms with Gasteiger partial charge in [0.1, 0.15) is 6.10 Å². The molecule has 124 valence electrons. The van der Waals surface area contributed by atoms with Gasteiger partial charge in [-0.15, -0.1) is 0 Å². The SMILES string of the molecule is C/C=C/[C@@H](CCO[Si](C(C)C)(C(C)C)C(C)C)OC(C)=O. The number of carbonyl (C=O) groups is 1. The summed E-state index contributed by atoms with van der Waals surface area (Å²) in [6.45, 7) is 17.7. The molecule has 0 amide bonds. The summed E-state index contributed by atoms with van der Waals surface area (Å²) in [5.74, 6) is -0.238. The van der Waals surface area contributed by atoms with Crippen molar-refractivity contribution >= 4 is 14.3 Å². The average Bonchev–Trinajstić information content (AvgIpc) is 2.32. The number of esters is 1. The standard InChI is InChI=1S/C17H34O3Si/c1-9-10-17(20-16(8)18)11-12-19-21(13(2)3,14(4)5)15(6)7/h9-10,13-15,17H,11-12H2,1-8H3/b10-9+/t17-/m0/s1. The van der Waals surface area contributed by atoms with Gasteiger partial charge in [0.05, 0.1) is 0 Å². The lowest BCUT2D eigenvalue weighted by Gasteiger charge is -2.42. The lowest BCUT2D eigenvalue weighted by atomic mass is 10.2. The van der Waals surface area contributed by atoms with Crippen LogP contribution >= 0.6 is 0 Å². The topological polar surface area (TPSA) is 35.5 Å². The van der Waals surface area contributed by atoms with Gasteiger partial charge in [-0.2, -0.15) is 0 Å². The molecule has 4 heteroatoms. The van der Waals surface area contributed by atoms with Gasteiger partial charge in [-0.3, -0.25) is 4.79 Å². The summed E-state index contributed by atoms with van der Waals surface area (Å²) in [5.41, 5.74) is 1.73. The second kappa shape index (κ2) is 9.41. The smallest absolute Gasteiger partial charge is 0.303 e. The second-order valence-corrected chi connectivity index (χ2v) is 12.1. The molecule has 0 spiro atoms. The Kier molecular flexibility index (Phi) is 9.14. The molecular weight excluding hydrogens is 280 g/mol. The Labute approximate surface area is 132 Å².